The van der Waals surface area contributed by atoms with Crippen molar-refractivity contribution in [3.05, 3.63) is 35.9 Å². The number of aliphatic hydroxyl groups is 1. The SMILES string of the molecule is COCCN(C(C)C1CC1)C(C)C(O)c1ccccc1. The molecular weight excluding hydrogens is 250 g/mol. The number of hydrogen-bond donors (Lipinski definition) is 1. The fourth-order valence-electron chi connectivity index (χ4n) is 2.93. The van der Waals surface area contributed by atoms with E-state index < -0.39 is 6.10 Å². The Labute approximate surface area is 122 Å². The smallest absolute Gasteiger partial charge is 0.0942 e. The van der Waals surface area contributed by atoms with Crippen LogP contribution in [-0.4, -0.2) is 42.4 Å². The van der Waals surface area contributed by atoms with Crippen molar-refractivity contribution in [1.82, 2.24) is 4.90 Å². The van der Waals surface area contributed by atoms with Gasteiger partial charge in [0.1, 0.15) is 0 Å². The van der Waals surface area contributed by atoms with Crippen molar-refractivity contribution in [2.45, 2.75) is 44.9 Å². The summed E-state index contributed by atoms with van der Waals surface area (Å²) >= 11 is 0. The van der Waals surface area contributed by atoms with Crippen LogP contribution in [0.5, 0.6) is 0 Å². The Bertz CT molecular complexity index is 391. The lowest BCUT2D eigenvalue weighted by molar-refractivity contribution is 0.0152. The van der Waals surface area contributed by atoms with Crippen LogP contribution in [0.25, 0.3) is 0 Å². The van der Waals surface area contributed by atoms with Crippen molar-refractivity contribution >= 4 is 0 Å². The molecule has 3 atom stereocenters. The van der Waals surface area contributed by atoms with Crippen LogP contribution in [0.1, 0.15) is 38.4 Å². The van der Waals surface area contributed by atoms with Crippen LogP contribution in [0.2, 0.25) is 0 Å². The van der Waals surface area contributed by atoms with Crippen molar-refractivity contribution in [3.8, 4) is 0 Å². The van der Waals surface area contributed by atoms with Gasteiger partial charge in [-0.05, 0) is 38.2 Å². The molecule has 0 spiro atoms. The Balaban J connectivity index is 2.06. The first-order valence-corrected chi connectivity index (χ1v) is 7.62. The number of rotatable bonds is 8. The minimum Gasteiger partial charge on any atom is -0.387 e. The predicted octanol–water partition coefficient (Wildman–Crippen LogP) is 2.86. The fourth-order valence-corrected chi connectivity index (χ4v) is 2.93. The van der Waals surface area contributed by atoms with E-state index in [0.717, 1.165) is 18.0 Å². The van der Waals surface area contributed by atoms with Crippen molar-refractivity contribution in [3.63, 3.8) is 0 Å². The second-order valence-corrected chi connectivity index (χ2v) is 5.90. The second kappa shape index (κ2) is 7.21. The van der Waals surface area contributed by atoms with Crippen LogP contribution < -0.4 is 0 Å². The average Bonchev–Trinajstić information content (AvgIpc) is 3.32. The molecule has 1 saturated carbocycles. The van der Waals surface area contributed by atoms with Crippen LogP contribution in [0.4, 0.5) is 0 Å². The quantitative estimate of drug-likeness (QED) is 0.793. The predicted molar refractivity (Wildman–Crippen MR) is 81.6 cm³/mol. The summed E-state index contributed by atoms with van der Waals surface area (Å²) in [5.74, 6) is 0.789. The van der Waals surface area contributed by atoms with E-state index in [1.807, 2.05) is 30.3 Å². The van der Waals surface area contributed by atoms with E-state index in [4.69, 9.17) is 4.74 Å². The van der Waals surface area contributed by atoms with Gasteiger partial charge in [-0.1, -0.05) is 30.3 Å². The lowest BCUT2D eigenvalue weighted by atomic mass is 10.00. The van der Waals surface area contributed by atoms with Gasteiger partial charge in [0.25, 0.3) is 0 Å². The van der Waals surface area contributed by atoms with E-state index in [2.05, 4.69) is 18.7 Å². The molecule has 0 heterocycles. The zero-order valence-electron chi connectivity index (χ0n) is 12.8. The van der Waals surface area contributed by atoms with E-state index in [0.29, 0.717) is 12.6 Å². The summed E-state index contributed by atoms with van der Waals surface area (Å²) in [6.45, 7) is 5.98. The van der Waals surface area contributed by atoms with E-state index in [-0.39, 0.29) is 6.04 Å². The van der Waals surface area contributed by atoms with Gasteiger partial charge in [0.05, 0.1) is 12.7 Å². The Morgan fingerprint density at radius 1 is 1.25 bits per heavy atom. The third kappa shape index (κ3) is 3.81. The van der Waals surface area contributed by atoms with E-state index in [9.17, 15) is 5.11 Å². The number of hydrogen-bond acceptors (Lipinski definition) is 3. The third-order valence-electron chi connectivity index (χ3n) is 4.50. The number of methoxy groups -OCH3 is 1. The van der Waals surface area contributed by atoms with Crippen molar-refractivity contribution < 1.29 is 9.84 Å². The minimum atomic E-state index is -0.450. The maximum Gasteiger partial charge on any atom is 0.0942 e. The summed E-state index contributed by atoms with van der Waals surface area (Å²) in [6.07, 6.45) is 2.19. The van der Waals surface area contributed by atoms with Crippen LogP contribution in [0.3, 0.4) is 0 Å². The topological polar surface area (TPSA) is 32.7 Å². The Morgan fingerprint density at radius 3 is 2.45 bits per heavy atom. The molecule has 1 aliphatic carbocycles. The number of nitrogens with zero attached hydrogens (tertiary/aromatic N) is 1. The normalized spacial score (nSPS) is 19.9. The highest BCUT2D eigenvalue weighted by Crippen LogP contribution is 2.37. The zero-order chi connectivity index (χ0) is 14.5. The van der Waals surface area contributed by atoms with Crippen LogP contribution in [0.15, 0.2) is 30.3 Å². The summed E-state index contributed by atoms with van der Waals surface area (Å²) in [5.41, 5.74) is 0.991. The number of benzene rings is 1. The van der Waals surface area contributed by atoms with Gasteiger partial charge in [0.2, 0.25) is 0 Å². The highest BCUT2D eigenvalue weighted by atomic mass is 16.5. The number of ether oxygens (including phenoxy) is 1. The van der Waals surface area contributed by atoms with Crippen LogP contribution >= 0.6 is 0 Å². The lowest BCUT2D eigenvalue weighted by Gasteiger charge is -2.37. The summed E-state index contributed by atoms with van der Waals surface area (Å²) in [5, 5.41) is 10.6. The minimum absolute atomic E-state index is 0.100. The first kappa shape index (κ1) is 15.5. The Kier molecular flexibility index (Phi) is 5.58. The maximum absolute atomic E-state index is 10.6. The summed E-state index contributed by atoms with van der Waals surface area (Å²) in [4.78, 5) is 2.40. The van der Waals surface area contributed by atoms with Gasteiger partial charge >= 0.3 is 0 Å². The highest BCUT2D eigenvalue weighted by molar-refractivity contribution is 5.18. The zero-order valence-corrected chi connectivity index (χ0v) is 12.8. The van der Waals surface area contributed by atoms with Crippen LogP contribution in [0, 0.1) is 5.92 Å². The molecule has 20 heavy (non-hydrogen) atoms. The molecule has 1 fully saturated rings. The molecule has 1 N–H and O–H groups in total. The molecule has 112 valence electrons. The average molecular weight is 277 g/mol. The molecule has 1 aromatic carbocycles. The van der Waals surface area contributed by atoms with Crippen LogP contribution in [-0.2, 0) is 4.74 Å². The molecule has 3 heteroatoms. The Hall–Kier alpha value is -0.900. The molecule has 3 unspecified atom stereocenters. The molecule has 0 amide bonds. The summed E-state index contributed by atoms with van der Waals surface area (Å²) < 4.78 is 5.23. The molecule has 1 aromatic rings. The molecule has 0 saturated heterocycles. The maximum atomic E-state index is 10.6. The number of aliphatic hydroxyl groups excluding tert-OH is 1. The van der Waals surface area contributed by atoms with Gasteiger partial charge in [-0.3, -0.25) is 4.90 Å². The van der Waals surface area contributed by atoms with Gasteiger partial charge in [-0.2, -0.15) is 0 Å². The van der Waals surface area contributed by atoms with Gasteiger partial charge in [0, 0.05) is 25.7 Å². The molecule has 3 nitrogen and oxygen atoms in total. The Morgan fingerprint density at radius 2 is 1.90 bits per heavy atom. The van der Waals surface area contributed by atoms with E-state index in [1.54, 1.807) is 7.11 Å². The van der Waals surface area contributed by atoms with Gasteiger partial charge in [-0.25, -0.2) is 0 Å². The highest BCUT2D eigenvalue weighted by Gasteiger charge is 2.35. The molecule has 0 radical (unpaired) electrons. The van der Waals surface area contributed by atoms with Gasteiger partial charge < -0.3 is 9.84 Å². The molecule has 0 bridgehead atoms. The third-order valence-corrected chi connectivity index (χ3v) is 4.50. The fraction of sp³-hybridized carbons (Fsp3) is 0.647. The monoisotopic (exact) mass is 277 g/mol. The first-order chi connectivity index (χ1) is 9.65. The lowest BCUT2D eigenvalue weighted by Crippen LogP contribution is -2.46. The van der Waals surface area contributed by atoms with E-state index in [1.165, 1.54) is 12.8 Å². The van der Waals surface area contributed by atoms with E-state index >= 15 is 0 Å². The standard InChI is InChI=1S/C17H27NO2/c1-13(15-9-10-15)18(11-12-20-3)14(2)17(19)16-7-5-4-6-8-16/h4-8,13-15,17,19H,9-12H2,1-3H3. The van der Waals surface area contributed by atoms with Crippen molar-refractivity contribution in [2.75, 3.05) is 20.3 Å². The van der Waals surface area contributed by atoms with Crippen molar-refractivity contribution in [2.24, 2.45) is 5.92 Å². The first-order valence-electron chi connectivity index (χ1n) is 7.62. The molecule has 1 aliphatic rings. The summed E-state index contributed by atoms with van der Waals surface area (Å²) in [6, 6.07) is 10.6. The van der Waals surface area contributed by atoms with Crippen molar-refractivity contribution in [1.29, 1.82) is 0 Å². The molecule has 2 rings (SSSR count). The van der Waals surface area contributed by atoms with Gasteiger partial charge in [0.15, 0.2) is 0 Å². The summed E-state index contributed by atoms with van der Waals surface area (Å²) in [7, 11) is 1.73. The van der Waals surface area contributed by atoms with Gasteiger partial charge in [-0.15, -0.1) is 0 Å². The largest absolute Gasteiger partial charge is 0.387 e. The molecule has 0 aromatic heterocycles. The molecule has 0 aliphatic heterocycles. The second-order valence-electron chi connectivity index (χ2n) is 5.90. The molecular formula is C17H27NO2.